The van der Waals surface area contributed by atoms with Gasteiger partial charge >= 0.3 is 0 Å². The zero-order valence-corrected chi connectivity index (χ0v) is 15.2. The van der Waals surface area contributed by atoms with Gasteiger partial charge < -0.3 is 15.5 Å². The molecule has 0 aliphatic heterocycles. The number of aliphatic imine (C=N–C) groups is 1. The van der Waals surface area contributed by atoms with Crippen molar-refractivity contribution < 1.29 is 4.79 Å². The molecule has 128 valence electrons. The second kappa shape index (κ2) is 9.08. The molecule has 0 bridgehead atoms. The largest absolute Gasteiger partial charge is 0.357 e. The Balaban J connectivity index is 1.96. The number of carbonyl (C=O) groups excluding carboxylic acids is 1. The van der Waals surface area contributed by atoms with E-state index < -0.39 is 0 Å². The first-order chi connectivity index (χ1) is 11.6. The molecule has 2 rings (SSSR count). The molecular formula is C18H24N4OS. The van der Waals surface area contributed by atoms with Crippen LogP contribution in [0.2, 0.25) is 0 Å². The van der Waals surface area contributed by atoms with Gasteiger partial charge in [0, 0.05) is 31.1 Å². The Bertz CT molecular complexity index is 663. The first-order valence-corrected chi connectivity index (χ1v) is 8.83. The first kappa shape index (κ1) is 18.0. The van der Waals surface area contributed by atoms with Crippen molar-refractivity contribution in [3.8, 4) is 0 Å². The van der Waals surface area contributed by atoms with Gasteiger partial charge in [-0.3, -0.25) is 4.79 Å². The van der Waals surface area contributed by atoms with Crippen LogP contribution in [-0.2, 0) is 13.1 Å². The van der Waals surface area contributed by atoms with Crippen LogP contribution in [0, 0.1) is 0 Å². The maximum absolute atomic E-state index is 11.9. The summed E-state index contributed by atoms with van der Waals surface area (Å²) in [6.07, 6.45) is 0. The van der Waals surface area contributed by atoms with Crippen LogP contribution in [0.3, 0.4) is 0 Å². The molecule has 0 fully saturated rings. The number of benzene rings is 1. The molecule has 24 heavy (non-hydrogen) atoms. The maximum atomic E-state index is 11.9. The maximum Gasteiger partial charge on any atom is 0.253 e. The van der Waals surface area contributed by atoms with Crippen LogP contribution >= 0.6 is 11.3 Å². The van der Waals surface area contributed by atoms with Gasteiger partial charge in [0.05, 0.1) is 13.1 Å². The predicted molar refractivity (Wildman–Crippen MR) is 100 cm³/mol. The topological polar surface area (TPSA) is 56.7 Å². The molecule has 1 aromatic carbocycles. The molecule has 0 saturated carbocycles. The Morgan fingerprint density at radius 3 is 2.50 bits per heavy atom. The van der Waals surface area contributed by atoms with E-state index in [-0.39, 0.29) is 5.91 Å². The van der Waals surface area contributed by atoms with Gasteiger partial charge in [-0.05, 0) is 36.1 Å². The lowest BCUT2D eigenvalue weighted by molar-refractivity contribution is 0.0827. The summed E-state index contributed by atoms with van der Waals surface area (Å²) < 4.78 is 0. The number of nitrogens with one attached hydrogen (secondary N) is 2. The molecule has 0 aliphatic carbocycles. The van der Waals surface area contributed by atoms with Crippen molar-refractivity contribution in [2.24, 2.45) is 4.99 Å². The Morgan fingerprint density at radius 2 is 1.92 bits per heavy atom. The van der Waals surface area contributed by atoms with Crippen LogP contribution in [0.1, 0.15) is 27.7 Å². The van der Waals surface area contributed by atoms with Crippen molar-refractivity contribution in [2.45, 2.75) is 20.0 Å². The standard InChI is InChI=1S/C18H24N4OS/c1-4-19-18(21-13-16-6-5-11-24-16)20-12-14-7-9-15(10-8-14)17(23)22(2)3/h5-11H,4,12-13H2,1-3H3,(H2,19,20,21). The van der Waals surface area contributed by atoms with Crippen molar-refractivity contribution in [3.63, 3.8) is 0 Å². The fourth-order valence-electron chi connectivity index (χ4n) is 2.11. The summed E-state index contributed by atoms with van der Waals surface area (Å²) in [5.74, 6) is 0.801. The smallest absolute Gasteiger partial charge is 0.253 e. The minimum atomic E-state index is 0.0102. The fraction of sp³-hybridized carbons (Fsp3) is 0.333. The van der Waals surface area contributed by atoms with E-state index in [1.807, 2.05) is 37.3 Å². The Hall–Kier alpha value is -2.34. The monoisotopic (exact) mass is 344 g/mol. The van der Waals surface area contributed by atoms with Gasteiger partial charge in [-0.25, -0.2) is 4.99 Å². The molecule has 6 heteroatoms. The lowest BCUT2D eigenvalue weighted by Gasteiger charge is -2.11. The van der Waals surface area contributed by atoms with Crippen molar-refractivity contribution >= 4 is 23.2 Å². The van der Waals surface area contributed by atoms with Crippen LogP contribution in [-0.4, -0.2) is 37.4 Å². The van der Waals surface area contributed by atoms with Crippen LogP contribution < -0.4 is 10.6 Å². The van der Waals surface area contributed by atoms with Crippen molar-refractivity contribution in [2.75, 3.05) is 20.6 Å². The highest BCUT2D eigenvalue weighted by molar-refractivity contribution is 7.09. The average molecular weight is 344 g/mol. The number of rotatable bonds is 6. The SMILES string of the molecule is CCNC(=NCc1ccc(C(=O)N(C)C)cc1)NCc1cccs1. The third-order valence-corrected chi connectivity index (χ3v) is 4.26. The van der Waals surface area contributed by atoms with E-state index in [1.54, 1.807) is 30.3 Å². The Morgan fingerprint density at radius 1 is 1.17 bits per heavy atom. The van der Waals surface area contributed by atoms with Crippen LogP contribution in [0.5, 0.6) is 0 Å². The van der Waals surface area contributed by atoms with E-state index in [0.29, 0.717) is 12.1 Å². The summed E-state index contributed by atoms with van der Waals surface area (Å²) >= 11 is 1.72. The average Bonchev–Trinajstić information content (AvgIpc) is 3.10. The minimum Gasteiger partial charge on any atom is -0.357 e. The number of nitrogens with zero attached hydrogens (tertiary/aromatic N) is 2. The molecule has 0 unspecified atom stereocenters. The normalized spacial score (nSPS) is 11.2. The second-order valence-electron chi connectivity index (χ2n) is 5.52. The van der Waals surface area contributed by atoms with Crippen molar-refractivity contribution in [1.82, 2.24) is 15.5 Å². The first-order valence-electron chi connectivity index (χ1n) is 7.95. The molecule has 2 aromatic rings. The second-order valence-corrected chi connectivity index (χ2v) is 6.56. The van der Waals surface area contributed by atoms with E-state index in [9.17, 15) is 4.79 Å². The summed E-state index contributed by atoms with van der Waals surface area (Å²) in [6.45, 7) is 4.19. The van der Waals surface area contributed by atoms with Gasteiger partial charge in [0.2, 0.25) is 0 Å². The van der Waals surface area contributed by atoms with Crippen LogP contribution in [0.15, 0.2) is 46.8 Å². The quantitative estimate of drug-likeness (QED) is 0.626. The molecule has 1 aromatic heterocycles. The summed E-state index contributed by atoms with van der Waals surface area (Å²) in [4.78, 5) is 19.3. The zero-order valence-electron chi connectivity index (χ0n) is 14.4. The molecule has 0 radical (unpaired) electrons. The number of guanidine groups is 1. The number of thiophene rings is 1. The van der Waals surface area contributed by atoms with E-state index in [4.69, 9.17) is 0 Å². The molecule has 0 aliphatic rings. The van der Waals surface area contributed by atoms with Gasteiger partial charge in [-0.2, -0.15) is 0 Å². The number of amides is 1. The molecule has 1 amide bonds. The molecule has 0 spiro atoms. The summed E-state index contributed by atoms with van der Waals surface area (Å²) in [7, 11) is 3.50. The highest BCUT2D eigenvalue weighted by atomic mass is 32.1. The van der Waals surface area contributed by atoms with Gasteiger partial charge in [0.25, 0.3) is 5.91 Å². The Labute approximate surface area is 147 Å². The number of hydrogen-bond acceptors (Lipinski definition) is 3. The summed E-state index contributed by atoms with van der Waals surface area (Å²) in [6, 6.07) is 11.7. The molecule has 0 saturated heterocycles. The predicted octanol–water partition coefficient (Wildman–Crippen LogP) is 2.71. The van der Waals surface area contributed by atoms with E-state index >= 15 is 0 Å². The Kier molecular flexibility index (Phi) is 6.81. The third kappa shape index (κ3) is 5.38. The zero-order chi connectivity index (χ0) is 17.4. The van der Waals surface area contributed by atoms with Gasteiger partial charge in [-0.15, -0.1) is 11.3 Å². The highest BCUT2D eigenvalue weighted by Crippen LogP contribution is 2.09. The lowest BCUT2D eigenvalue weighted by atomic mass is 10.1. The van der Waals surface area contributed by atoms with Gasteiger partial charge in [0.15, 0.2) is 5.96 Å². The number of hydrogen-bond donors (Lipinski definition) is 2. The molecule has 0 atom stereocenters. The van der Waals surface area contributed by atoms with E-state index in [0.717, 1.165) is 24.6 Å². The molecule has 2 N–H and O–H groups in total. The van der Waals surface area contributed by atoms with E-state index in [1.165, 1.54) is 4.88 Å². The highest BCUT2D eigenvalue weighted by Gasteiger charge is 2.07. The van der Waals surface area contributed by atoms with Crippen LogP contribution in [0.25, 0.3) is 0 Å². The minimum absolute atomic E-state index is 0.0102. The molecular weight excluding hydrogens is 320 g/mol. The lowest BCUT2D eigenvalue weighted by Crippen LogP contribution is -2.36. The van der Waals surface area contributed by atoms with Crippen LogP contribution in [0.4, 0.5) is 0 Å². The van der Waals surface area contributed by atoms with Gasteiger partial charge in [-0.1, -0.05) is 18.2 Å². The molecule has 1 heterocycles. The van der Waals surface area contributed by atoms with E-state index in [2.05, 4.69) is 27.1 Å². The third-order valence-electron chi connectivity index (χ3n) is 3.38. The fourth-order valence-corrected chi connectivity index (χ4v) is 2.75. The summed E-state index contributed by atoms with van der Waals surface area (Å²) in [5.41, 5.74) is 1.76. The summed E-state index contributed by atoms with van der Waals surface area (Å²) in [5, 5.41) is 8.64. The number of carbonyl (C=O) groups is 1. The van der Waals surface area contributed by atoms with Gasteiger partial charge in [0.1, 0.15) is 0 Å². The van der Waals surface area contributed by atoms with Crippen molar-refractivity contribution in [1.29, 1.82) is 0 Å². The molecule has 5 nitrogen and oxygen atoms in total. The van der Waals surface area contributed by atoms with Crippen molar-refractivity contribution in [3.05, 3.63) is 57.8 Å².